The van der Waals surface area contributed by atoms with Crippen LogP contribution in [0.3, 0.4) is 0 Å². The van der Waals surface area contributed by atoms with Gasteiger partial charge in [0.1, 0.15) is 6.61 Å². The predicted octanol–water partition coefficient (Wildman–Crippen LogP) is 4.84. The summed E-state index contributed by atoms with van der Waals surface area (Å²) in [6, 6.07) is 9.96. The van der Waals surface area contributed by atoms with Gasteiger partial charge in [0.2, 0.25) is 11.4 Å². The molecule has 0 aromatic heterocycles. The molecule has 0 spiro atoms. The molecule has 1 fully saturated rings. The first-order valence-corrected chi connectivity index (χ1v) is 11.1. The third-order valence-electron chi connectivity index (χ3n) is 4.59. The lowest BCUT2D eigenvalue weighted by Gasteiger charge is -2.34. The van der Waals surface area contributed by atoms with Crippen molar-refractivity contribution < 1.29 is 14.1 Å². The summed E-state index contributed by atoms with van der Waals surface area (Å²) in [7, 11) is 0. The number of likely N-dealkylation sites (tertiary alicyclic amines) is 1. The summed E-state index contributed by atoms with van der Waals surface area (Å²) < 4.78 is 18.8. The number of nitrogens with zero attached hydrogens (tertiary/aromatic N) is 1. The van der Waals surface area contributed by atoms with Gasteiger partial charge in [0, 0.05) is 13.1 Å². The number of ether oxygens (including phenoxy) is 1. The number of hydrogen-bond acceptors (Lipinski definition) is 4. The molecule has 2 unspecified atom stereocenters. The zero-order chi connectivity index (χ0) is 20.4. The number of rotatable bonds is 5. The van der Waals surface area contributed by atoms with Crippen LogP contribution in [0.15, 0.2) is 30.3 Å². The van der Waals surface area contributed by atoms with Crippen molar-refractivity contribution in [3.8, 4) is 0 Å². The van der Waals surface area contributed by atoms with Crippen LogP contribution < -0.4 is 4.72 Å². The van der Waals surface area contributed by atoms with Gasteiger partial charge in [-0.1, -0.05) is 44.2 Å². The lowest BCUT2D eigenvalue weighted by Crippen LogP contribution is -2.49. The van der Waals surface area contributed by atoms with E-state index >= 15 is 0 Å². The Hall–Kier alpha value is -1.24. The van der Waals surface area contributed by atoms with Crippen LogP contribution in [-0.2, 0) is 22.7 Å². The van der Waals surface area contributed by atoms with E-state index in [0.29, 0.717) is 25.6 Å². The van der Waals surface area contributed by atoms with Crippen LogP contribution in [0.2, 0.25) is 0 Å². The second-order valence-electron chi connectivity index (χ2n) is 7.67. The van der Waals surface area contributed by atoms with Crippen molar-refractivity contribution in [1.82, 2.24) is 9.62 Å². The highest BCUT2D eigenvalue weighted by Gasteiger charge is 2.38. The second-order valence-corrected chi connectivity index (χ2v) is 9.70. The molecule has 154 valence electrons. The third-order valence-corrected chi connectivity index (χ3v) is 6.34. The maximum atomic E-state index is 12.2. The van der Waals surface area contributed by atoms with E-state index in [4.69, 9.17) is 4.74 Å². The van der Waals surface area contributed by atoms with E-state index in [2.05, 4.69) is 11.6 Å². The topological polar surface area (TPSA) is 61.8 Å². The maximum Gasteiger partial charge on any atom is 0.410 e. The summed E-state index contributed by atoms with van der Waals surface area (Å²) in [6.45, 7) is 13.9. The Morgan fingerprint density at radius 3 is 2.33 bits per heavy atom. The molecule has 2 atom stereocenters. The molecule has 1 aliphatic rings. The molecule has 0 aliphatic carbocycles. The van der Waals surface area contributed by atoms with Gasteiger partial charge in [-0.15, -0.1) is 4.72 Å². The Balaban J connectivity index is 0.00000176. The molecule has 1 aromatic carbocycles. The van der Waals surface area contributed by atoms with Crippen molar-refractivity contribution in [3.05, 3.63) is 35.9 Å². The Morgan fingerprint density at radius 1 is 1.26 bits per heavy atom. The van der Waals surface area contributed by atoms with E-state index in [0.717, 1.165) is 18.4 Å². The first-order valence-electron chi connectivity index (χ1n) is 9.92. The van der Waals surface area contributed by atoms with E-state index < -0.39 is 11.4 Å². The maximum absolute atomic E-state index is 12.2. The van der Waals surface area contributed by atoms with Gasteiger partial charge in [-0.2, -0.15) is 4.55 Å². The molecule has 27 heavy (non-hydrogen) atoms. The number of hydrogen-bond donors (Lipinski definition) is 2. The zero-order valence-corrected chi connectivity index (χ0v) is 18.5. The lowest BCUT2D eigenvalue weighted by atomic mass is 9.91. The van der Waals surface area contributed by atoms with Crippen LogP contribution >= 0.6 is 0 Å². The number of carbonyl (C=O) groups is 1. The fourth-order valence-electron chi connectivity index (χ4n) is 2.84. The highest BCUT2D eigenvalue weighted by molar-refractivity contribution is 7.90. The number of nitrogens with one attached hydrogen (secondary N) is 1. The molecule has 1 heterocycles. The summed E-state index contributed by atoms with van der Waals surface area (Å²) in [5.74, 6) is 0.461. The Kier molecular flexibility index (Phi) is 10.2. The monoisotopic (exact) mass is 397 g/mol. The molecule has 1 amide bonds. The predicted molar refractivity (Wildman–Crippen MR) is 115 cm³/mol. The average molecular weight is 398 g/mol. The summed E-state index contributed by atoms with van der Waals surface area (Å²) in [4.78, 5) is 14.0. The van der Waals surface area contributed by atoms with E-state index in [1.807, 2.05) is 65.0 Å². The Morgan fingerprint density at radius 2 is 1.81 bits per heavy atom. The molecule has 5 nitrogen and oxygen atoms in total. The van der Waals surface area contributed by atoms with Gasteiger partial charge in [0.05, 0.1) is 6.04 Å². The van der Waals surface area contributed by atoms with Crippen molar-refractivity contribution in [2.24, 2.45) is 5.92 Å². The first-order chi connectivity index (χ1) is 12.8. The van der Waals surface area contributed by atoms with Crippen LogP contribution in [0.5, 0.6) is 0 Å². The molecule has 2 N–H and O–H groups in total. The van der Waals surface area contributed by atoms with E-state index in [9.17, 15) is 9.35 Å². The van der Waals surface area contributed by atoms with Crippen molar-refractivity contribution in [3.63, 3.8) is 0 Å². The minimum atomic E-state index is -0.816. The van der Waals surface area contributed by atoms with Gasteiger partial charge in [-0.25, -0.2) is 4.79 Å². The normalized spacial score (nSPS) is 17.5. The Bertz CT molecular complexity index is 540. The molecule has 1 saturated heterocycles. The highest BCUT2D eigenvalue weighted by atomic mass is 32.2. The SMILES string of the molecule is CC.CC(N[S+](O)C(C)(C)C)C1CCN(C(=O)OCc2ccccc2)CC1. The van der Waals surface area contributed by atoms with Gasteiger partial charge >= 0.3 is 6.09 Å². The third kappa shape index (κ3) is 8.11. The second kappa shape index (κ2) is 11.6. The zero-order valence-electron chi connectivity index (χ0n) is 17.7. The Labute approximate surface area is 168 Å². The van der Waals surface area contributed by atoms with Gasteiger partial charge in [0.15, 0.2) is 4.75 Å². The van der Waals surface area contributed by atoms with Crippen LogP contribution in [0.1, 0.15) is 59.9 Å². The standard InChI is InChI=1S/C19H31N2O3S.C2H6/c1-15(20-25(23)19(2,3)4)17-10-12-21(13-11-17)18(22)24-14-16-8-6-5-7-9-16;1-2/h5-9,15,17,20,23H,10-14H2,1-4H3;1-2H3/q+1;. The fraction of sp³-hybridized carbons (Fsp3) is 0.667. The van der Waals surface area contributed by atoms with E-state index in [1.54, 1.807) is 4.90 Å². The van der Waals surface area contributed by atoms with Crippen LogP contribution in [0.4, 0.5) is 4.79 Å². The number of carbonyl (C=O) groups excluding carboxylic acids is 1. The molecule has 0 bridgehead atoms. The largest absolute Gasteiger partial charge is 0.445 e. The van der Waals surface area contributed by atoms with Gasteiger partial charge in [-0.05, 0) is 52.0 Å². The minimum absolute atomic E-state index is 0.157. The summed E-state index contributed by atoms with van der Waals surface area (Å²) >= 11 is -0.816. The summed E-state index contributed by atoms with van der Waals surface area (Å²) in [6.07, 6.45) is 1.62. The number of piperidine rings is 1. The molecule has 1 aliphatic heterocycles. The smallest absolute Gasteiger partial charge is 0.410 e. The lowest BCUT2D eigenvalue weighted by molar-refractivity contribution is 0.0797. The minimum Gasteiger partial charge on any atom is -0.445 e. The van der Waals surface area contributed by atoms with Crippen molar-refractivity contribution in [1.29, 1.82) is 0 Å². The van der Waals surface area contributed by atoms with Crippen LogP contribution in [0.25, 0.3) is 0 Å². The average Bonchev–Trinajstić information content (AvgIpc) is 2.67. The van der Waals surface area contributed by atoms with Gasteiger partial charge in [0.25, 0.3) is 0 Å². The van der Waals surface area contributed by atoms with Gasteiger partial charge < -0.3 is 9.64 Å². The van der Waals surface area contributed by atoms with Crippen LogP contribution in [-0.4, -0.2) is 39.4 Å². The molecular formula is C21H37N2O3S+. The summed E-state index contributed by atoms with van der Waals surface area (Å²) in [5.41, 5.74) is 1.00. The van der Waals surface area contributed by atoms with Crippen molar-refractivity contribution >= 4 is 17.5 Å². The molecule has 0 radical (unpaired) electrons. The molecule has 2 rings (SSSR count). The highest BCUT2D eigenvalue weighted by Crippen LogP contribution is 2.23. The quantitative estimate of drug-likeness (QED) is 0.698. The van der Waals surface area contributed by atoms with E-state index in [-0.39, 0.29) is 16.9 Å². The van der Waals surface area contributed by atoms with Gasteiger partial charge in [-0.3, -0.25) is 0 Å². The fourth-order valence-corrected chi connectivity index (χ4v) is 3.74. The first kappa shape index (κ1) is 23.8. The molecule has 6 heteroatoms. The molecule has 1 aromatic rings. The molecule has 0 saturated carbocycles. The van der Waals surface area contributed by atoms with Crippen molar-refractivity contribution in [2.75, 3.05) is 13.1 Å². The number of benzene rings is 1. The van der Waals surface area contributed by atoms with Crippen molar-refractivity contribution in [2.45, 2.75) is 71.8 Å². The number of amides is 1. The van der Waals surface area contributed by atoms with E-state index in [1.165, 1.54) is 0 Å². The summed E-state index contributed by atoms with van der Waals surface area (Å²) in [5, 5.41) is 0. The van der Waals surface area contributed by atoms with Crippen LogP contribution in [0, 0.1) is 5.92 Å². The molecular weight excluding hydrogens is 360 g/mol.